The second kappa shape index (κ2) is 5.18. The van der Waals surface area contributed by atoms with E-state index in [2.05, 4.69) is 4.98 Å². The molecule has 1 aromatic heterocycles. The molecule has 1 aliphatic carbocycles. The molecule has 0 unspecified atom stereocenters. The van der Waals surface area contributed by atoms with Crippen LogP contribution in [0.15, 0.2) is 18.5 Å². The molecule has 5 nitrogen and oxygen atoms in total. The molecule has 6 heteroatoms. The van der Waals surface area contributed by atoms with Crippen LogP contribution in [-0.2, 0) is 0 Å². The number of carbonyl (C=O) groups is 2. The maximum Gasteiger partial charge on any atom is 0.264 e. The van der Waals surface area contributed by atoms with Crippen molar-refractivity contribution < 1.29 is 9.59 Å². The van der Waals surface area contributed by atoms with Crippen LogP contribution in [0.4, 0.5) is 0 Å². The topological polar surface area (TPSA) is 76.3 Å². The van der Waals surface area contributed by atoms with Crippen molar-refractivity contribution in [2.45, 2.75) is 44.1 Å². The summed E-state index contributed by atoms with van der Waals surface area (Å²) in [5.41, 5.74) is 5.91. The normalized spacial score (nSPS) is 21.0. The van der Waals surface area contributed by atoms with Crippen molar-refractivity contribution in [1.82, 2.24) is 9.88 Å². The van der Waals surface area contributed by atoms with Crippen LogP contribution in [0, 0.1) is 0 Å². The van der Waals surface area contributed by atoms with Gasteiger partial charge in [-0.3, -0.25) is 19.5 Å². The fourth-order valence-corrected chi connectivity index (χ4v) is 3.66. The van der Waals surface area contributed by atoms with E-state index in [1.807, 2.05) is 0 Å². The maximum atomic E-state index is 12.7. The van der Waals surface area contributed by atoms with Gasteiger partial charge in [0.1, 0.15) is 5.54 Å². The fourth-order valence-electron chi connectivity index (χ4n) is 3.37. The highest BCUT2D eigenvalue weighted by Crippen LogP contribution is 2.38. The van der Waals surface area contributed by atoms with Gasteiger partial charge in [0.25, 0.3) is 11.8 Å². The molecule has 110 valence electrons. The first kappa shape index (κ1) is 14.1. The number of thiocarbonyl (C=S) groups is 1. The predicted molar refractivity (Wildman–Crippen MR) is 82.0 cm³/mol. The summed E-state index contributed by atoms with van der Waals surface area (Å²) in [7, 11) is 0. The molecule has 1 aliphatic heterocycles. The standard InChI is InChI=1S/C15H17N3O2S/c16-14(21)15(6-3-1-2-4-7-15)18-12(19)10-5-8-17-9-11(10)13(18)20/h5,8-9H,1-4,6-7H2,(H2,16,21). The quantitative estimate of drug-likeness (QED) is 0.514. The van der Waals surface area contributed by atoms with Gasteiger partial charge in [0.15, 0.2) is 0 Å². The number of fused-ring (bicyclic) bond motifs is 1. The van der Waals surface area contributed by atoms with Crippen molar-refractivity contribution in [3.8, 4) is 0 Å². The minimum absolute atomic E-state index is 0.242. The molecule has 2 heterocycles. The lowest BCUT2D eigenvalue weighted by Gasteiger charge is -2.39. The molecule has 0 atom stereocenters. The zero-order chi connectivity index (χ0) is 15.0. The molecule has 0 aromatic carbocycles. The molecule has 2 aliphatic rings. The van der Waals surface area contributed by atoms with Crippen LogP contribution in [0.25, 0.3) is 0 Å². The average Bonchev–Trinajstić information content (AvgIpc) is 2.67. The van der Waals surface area contributed by atoms with Crippen molar-refractivity contribution in [2.24, 2.45) is 5.73 Å². The third-order valence-corrected chi connectivity index (χ3v) is 4.89. The monoisotopic (exact) mass is 303 g/mol. The molecule has 0 bridgehead atoms. The van der Waals surface area contributed by atoms with Gasteiger partial charge in [0, 0.05) is 12.4 Å². The maximum absolute atomic E-state index is 12.7. The van der Waals surface area contributed by atoms with Gasteiger partial charge >= 0.3 is 0 Å². The Morgan fingerprint density at radius 1 is 1.14 bits per heavy atom. The smallest absolute Gasteiger partial charge is 0.264 e. The number of pyridine rings is 1. The van der Waals surface area contributed by atoms with Crippen LogP contribution >= 0.6 is 12.2 Å². The highest BCUT2D eigenvalue weighted by Gasteiger charge is 2.50. The summed E-state index contributed by atoms with van der Waals surface area (Å²) < 4.78 is 0. The van der Waals surface area contributed by atoms with Gasteiger partial charge in [-0.2, -0.15) is 0 Å². The van der Waals surface area contributed by atoms with E-state index in [4.69, 9.17) is 18.0 Å². The summed E-state index contributed by atoms with van der Waals surface area (Å²) in [6.45, 7) is 0. The first-order valence-corrected chi connectivity index (χ1v) is 7.61. The number of carbonyl (C=O) groups excluding carboxylic acids is 2. The molecular weight excluding hydrogens is 286 g/mol. The Bertz CT molecular complexity index is 586. The Labute approximate surface area is 128 Å². The van der Waals surface area contributed by atoms with Crippen LogP contribution in [0.1, 0.15) is 59.2 Å². The highest BCUT2D eigenvalue weighted by atomic mass is 32.1. The van der Waals surface area contributed by atoms with Crippen molar-refractivity contribution in [3.05, 3.63) is 29.6 Å². The number of hydrogen-bond acceptors (Lipinski definition) is 4. The summed E-state index contributed by atoms with van der Waals surface area (Å²) in [5.74, 6) is -0.620. The van der Waals surface area contributed by atoms with E-state index < -0.39 is 5.54 Å². The van der Waals surface area contributed by atoms with Crippen LogP contribution in [0.3, 0.4) is 0 Å². The van der Waals surface area contributed by atoms with Crippen LogP contribution in [-0.4, -0.2) is 32.2 Å². The largest absolute Gasteiger partial charge is 0.391 e. The first-order chi connectivity index (χ1) is 10.1. The van der Waals surface area contributed by atoms with E-state index in [1.54, 1.807) is 6.07 Å². The van der Waals surface area contributed by atoms with E-state index in [0.29, 0.717) is 24.0 Å². The molecule has 2 amide bonds. The van der Waals surface area contributed by atoms with Gasteiger partial charge in [-0.1, -0.05) is 37.9 Å². The summed E-state index contributed by atoms with van der Waals surface area (Å²) in [4.78, 5) is 30.9. The van der Waals surface area contributed by atoms with Gasteiger partial charge in [-0.25, -0.2) is 0 Å². The second-order valence-electron chi connectivity index (χ2n) is 5.68. The summed E-state index contributed by atoms with van der Waals surface area (Å²) in [5, 5.41) is 0. The average molecular weight is 303 g/mol. The molecular formula is C15H17N3O2S. The Kier molecular flexibility index (Phi) is 3.49. The van der Waals surface area contributed by atoms with Crippen molar-refractivity contribution in [2.75, 3.05) is 0 Å². The van der Waals surface area contributed by atoms with Gasteiger partial charge in [-0.05, 0) is 18.9 Å². The Morgan fingerprint density at radius 3 is 2.33 bits per heavy atom. The minimum Gasteiger partial charge on any atom is -0.391 e. The van der Waals surface area contributed by atoms with E-state index >= 15 is 0 Å². The van der Waals surface area contributed by atoms with Gasteiger partial charge < -0.3 is 5.73 Å². The van der Waals surface area contributed by atoms with E-state index in [1.165, 1.54) is 17.3 Å². The van der Waals surface area contributed by atoms with Crippen LogP contribution in [0.5, 0.6) is 0 Å². The summed E-state index contributed by atoms with van der Waals surface area (Å²) in [6.07, 6.45) is 8.27. The lowest BCUT2D eigenvalue weighted by atomic mass is 9.88. The van der Waals surface area contributed by atoms with Crippen LogP contribution < -0.4 is 5.73 Å². The van der Waals surface area contributed by atoms with Crippen LogP contribution in [0.2, 0.25) is 0 Å². The molecule has 1 aromatic rings. The Balaban J connectivity index is 2.08. The number of imide groups is 1. The zero-order valence-corrected chi connectivity index (χ0v) is 12.5. The number of amides is 2. The number of hydrogen-bond donors (Lipinski definition) is 1. The molecule has 2 N–H and O–H groups in total. The third-order valence-electron chi connectivity index (χ3n) is 4.51. The van der Waals surface area contributed by atoms with Crippen molar-refractivity contribution in [3.63, 3.8) is 0 Å². The summed E-state index contributed by atoms with van der Waals surface area (Å²) >= 11 is 5.26. The number of nitrogens with two attached hydrogens (primary N) is 1. The van der Waals surface area contributed by atoms with Gasteiger partial charge in [0.2, 0.25) is 0 Å². The minimum atomic E-state index is -0.820. The molecule has 1 fully saturated rings. The van der Waals surface area contributed by atoms with Crippen molar-refractivity contribution >= 4 is 29.0 Å². The van der Waals surface area contributed by atoms with E-state index in [9.17, 15) is 9.59 Å². The lowest BCUT2D eigenvalue weighted by Crippen LogP contribution is -2.58. The molecule has 0 spiro atoms. The van der Waals surface area contributed by atoms with Crippen molar-refractivity contribution in [1.29, 1.82) is 0 Å². The Morgan fingerprint density at radius 2 is 1.76 bits per heavy atom. The predicted octanol–water partition coefficient (Wildman–Crippen LogP) is 2.06. The first-order valence-electron chi connectivity index (χ1n) is 7.21. The third kappa shape index (κ3) is 2.05. The summed E-state index contributed by atoms with van der Waals surface area (Å²) in [6, 6.07) is 1.58. The zero-order valence-electron chi connectivity index (χ0n) is 11.7. The van der Waals surface area contributed by atoms with Gasteiger partial charge in [0.05, 0.1) is 16.1 Å². The number of aromatic nitrogens is 1. The SMILES string of the molecule is NC(=S)C1(N2C(=O)c3ccncc3C2=O)CCCCCC1. The Hall–Kier alpha value is -1.82. The molecule has 0 radical (unpaired) electrons. The number of rotatable bonds is 2. The van der Waals surface area contributed by atoms with E-state index in [-0.39, 0.29) is 16.8 Å². The lowest BCUT2D eigenvalue weighted by molar-refractivity contribution is 0.0503. The second-order valence-corrected chi connectivity index (χ2v) is 6.12. The number of nitrogens with zero attached hydrogens (tertiary/aromatic N) is 2. The van der Waals surface area contributed by atoms with E-state index in [0.717, 1.165) is 25.7 Å². The highest BCUT2D eigenvalue weighted by molar-refractivity contribution is 7.80. The van der Waals surface area contributed by atoms with Gasteiger partial charge in [-0.15, -0.1) is 0 Å². The molecule has 0 saturated heterocycles. The fraction of sp³-hybridized carbons (Fsp3) is 0.467. The molecule has 1 saturated carbocycles. The molecule has 3 rings (SSSR count). The molecule has 21 heavy (non-hydrogen) atoms.